The van der Waals surface area contributed by atoms with Gasteiger partial charge in [0.05, 0.1) is 6.54 Å². The summed E-state index contributed by atoms with van der Waals surface area (Å²) in [5.41, 5.74) is 3.92. The molecule has 1 fully saturated rings. The molecule has 0 radical (unpaired) electrons. The number of amides is 3. The second kappa shape index (κ2) is 13.6. The molecule has 1 aromatic heterocycles. The average Bonchev–Trinajstić information content (AvgIpc) is 3.32. The van der Waals surface area contributed by atoms with Crippen molar-refractivity contribution >= 4 is 35.6 Å². The lowest BCUT2D eigenvalue weighted by Gasteiger charge is -2.35. The van der Waals surface area contributed by atoms with Crippen LogP contribution in [0.1, 0.15) is 47.7 Å². The van der Waals surface area contributed by atoms with Crippen LogP contribution in [0, 0.1) is 11.7 Å². The van der Waals surface area contributed by atoms with Crippen LogP contribution in [-0.2, 0) is 22.7 Å². The third kappa shape index (κ3) is 7.19. The van der Waals surface area contributed by atoms with Gasteiger partial charge in [0.1, 0.15) is 6.17 Å². The Morgan fingerprint density at radius 3 is 2.79 bits per heavy atom. The molecule has 3 amide bonds. The number of halogens is 3. The summed E-state index contributed by atoms with van der Waals surface area (Å²) in [7, 11) is 0. The highest BCUT2D eigenvalue weighted by Crippen LogP contribution is 2.30. The second-order valence-corrected chi connectivity index (χ2v) is 11.6. The van der Waals surface area contributed by atoms with Gasteiger partial charge in [-0.05, 0) is 60.7 Å². The molecule has 5 rings (SSSR count). The van der Waals surface area contributed by atoms with Crippen LogP contribution < -0.4 is 15.5 Å². The fourth-order valence-electron chi connectivity index (χ4n) is 5.76. The Labute approximate surface area is 254 Å². The maximum absolute atomic E-state index is 15.2. The summed E-state index contributed by atoms with van der Waals surface area (Å²) in [4.78, 5) is 42.6. The Balaban J connectivity index is 1.11. The minimum Gasteiger partial charge on any atom is -0.351 e. The quantitative estimate of drug-likeness (QED) is 0.301. The van der Waals surface area contributed by atoms with Crippen molar-refractivity contribution in [2.24, 2.45) is 5.92 Å². The van der Waals surface area contributed by atoms with Gasteiger partial charge >= 0.3 is 0 Å². The first-order chi connectivity index (χ1) is 20.7. The Bertz CT molecular complexity index is 1510. The highest BCUT2D eigenvalue weighted by atomic mass is 35.5. The van der Waals surface area contributed by atoms with Gasteiger partial charge in [0.15, 0.2) is 11.6 Å². The molecule has 43 heavy (non-hydrogen) atoms. The van der Waals surface area contributed by atoms with E-state index in [1.54, 1.807) is 34.2 Å². The van der Waals surface area contributed by atoms with Gasteiger partial charge < -0.3 is 15.1 Å². The van der Waals surface area contributed by atoms with Gasteiger partial charge in [0.25, 0.3) is 5.91 Å². The number of piperidine rings is 1. The lowest BCUT2D eigenvalue weighted by atomic mass is 9.94. The minimum absolute atomic E-state index is 0.0680. The second-order valence-electron chi connectivity index (χ2n) is 11.2. The number of nitrogens with one attached hydrogen (secondary N) is 2. The predicted octanol–water partition coefficient (Wildman–Crippen LogP) is 4.89. The van der Waals surface area contributed by atoms with Crippen LogP contribution in [0.25, 0.3) is 11.1 Å². The number of aromatic nitrogens is 1. The topological polar surface area (TPSA) is 94.6 Å². The van der Waals surface area contributed by atoms with Crippen LogP contribution in [0.4, 0.5) is 14.6 Å². The van der Waals surface area contributed by atoms with E-state index in [9.17, 15) is 18.8 Å². The Kier molecular flexibility index (Phi) is 9.67. The number of pyridine rings is 1. The first-order valence-electron chi connectivity index (χ1n) is 14.4. The zero-order chi connectivity index (χ0) is 30.5. The molecule has 11 heteroatoms. The van der Waals surface area contributed by atoms with Gasteiger partial charge in [0, 0.05) is 66.9 Å². The Hall–Kier alpha value is -3.89. The summed E-state index contributed by atoms with van der Waals surface area (Å²) in [5, 5.41) is 6.02. The van der Waals surface area contributed by atoms with Gasteiger partial charge in [-0.2, -0.15) is 0 Å². The van der Waals surface area contributed by atoms with Gasteiger partial charge in [-0.1, -0.05) is 35.9 Å². The molecule has 2 aliphatic heterocycles. The maximum atomic E-state index is 15.2. The number of hydrogen-bond donors (Lipinski definition) is 2. The molecule has 3 unspecified atom stereocenters. The molecule has 3 atom stereocenters. The molecule has 0 spiro atoms. The van der Waals surface area contributed by atoms with Gasteiger partial charge in [-0.25, -0.2) is 13.8 Å². The van der Waals surface area contributed by atoms with E-state index in [0.717, 1.165) is 16.7 Å². The largest absolute Gasteiger partial charge is 0.351 e. The lowest BCUT2D eigenvalue weighted by Crippen LogP contribution is -2.45. The Morgan fingerprint density at radius 1 is 1.21 bits per heavy atom. The Morgan fingerprint density at radius 2 is 2.05 bits per heavy atom. The smallest absolute Gasteiger partial charge is 0.254 e. The standard InChI is InChI=1S/C32H34ClF2N5O3/c1-20(5-8-30(42)38-19-41)40-17-25-11-21(6-7-27(25)32(40)43)14-36-15-23-9-10-39(18-29(23)35)31-28(34)13-24(16-37-31)22-3-2-4-26(33)12-22/h2-4,6-7,11-13,16,19-20,23,29,36H,5,8-10,14-15,17-18H2,1H3,(H,38,41,42). The molecular formula is C32H34ClF2N5O3. The lowest BCUT2D eigenvalue weighted by molar-refractivity contribution is -0.125. The number of alkyl halides is 1. The van der Waals surface area contributed by atoms with Crippen LogP contribution in [-0.4, -0.2) is 60.0 Å². The number of fused-ring (bicyclic) bond motifs is 1. The summed E-state index contributed by atoms with van der Waals surface area (Å²) < 4.78 is 30.2. The fraction of sp³-hybridized carbons (Fsp3) is 0.375. The van der Waals surface area contributed by atoms with Gasteiger partial charge in [-0.15, -0.1) is 0 Å². The molecule has 0 saturated carbocycles. The summed E-state index contributed by atoms with van der Waals surface area (Å²) in [6.07, 6.45) is 1.97. The number of rotatable bonds is 11. The first kappa shape index (κ1) is 30.6. The third-order valence-corrected chi connectivity index (χ3v) is 8.47. The van der Waals surface area contributed by atoms with Crippen LogP contribution in [0.3, 0.4) is 0 Å². The van der Waals surface area contributed by atoms with Crippen molar-refractivity contribution in [1.29, 1.82) is 0 Å². The fourth-order valence-corrected chi connectivity index (χ4v) is 5.95. The number of carbonyl (C=O) groups is 3. The highest BCUT2D eigenvalue weighted by Gasteiger charge is 2.32. The van der Waals surface area contributed by atoms with Crippen molar-refractivity contribution in [3.8, 4) is 11.1 Å². The summed E-state index contributed by atoms with van der Waals surface area (Å²) >= 11 is 6.06. The number of imide groups is 1. The molecule has 1 saturated heterocycles. The molecule has 226 valence electrons. The third-order valence-electron chi connectivity index (χ3n) is 8.23. The van der Waals surface area contributed by atoms with Crippen molar-refractivity contribution in [3.05, 3.63) is 82.3 Å². The van der Waals surface area contributed by atoms with E-state index in [1.165, 1.54) is 6.07 Å². The van der Waals surface area contributed by atoms with Crippen LogP contribution >= 0.6 is 11.6 Å². The zero-order valence-electron chi connectivity index (χ0n) is 23.9. The van der Waals surface area contributed by atoms with Crippen molar-refractivity contribution in [2.75, 3.05) is 24.5 Å². The summed E-state index contributed by atoms with van der Waals surface area (Å²) in [5.74, 6) is -0.996. The van der Waals surface area contributed by atoms with E-state index in [2.05, 4.69) is 15.6 Å². The van der Waals surface area contributed by atoms with E-state index in [4.69, 9.17) is 11.6 Å². The summed E-state index contributed by atoms with van der Waals surface area (Å²) in [6.45, 7) is 3.91. The average molecular weight is 610 g/mol. The highest BCUT2D eigenvalue weighted by molar-refractivity contribution is 6.30. The normalized spacial score (nSPS) is 18.8. The van der Waals surface area contributed by atoms with Crippen molar-refractivity contribution < 1.29 is 23.2 Å². The number of anilines is 1. The number of carbonyl (C=O) groups excluding carboxylic acids is 3. The van der Waals surface area contributed by atoms with Crippen molar-refractivity contribution in [3.63, 3.8) is 0 Å². The molecule has 8 nitrogen and oxygen atoms in total. The summed E-state index contributed by atoms with van der Waals surface area (Å²) in [6, 6.07) is 14.1. The minimum atomic E-state index is -1.14. The molecule has 3 heterocycles. The van der Waals surface area contributed by atoms with E-state index in [0.29, 0.717) is 61.6 Å². The molecule has 2 aliphatic rings. The maximum Gasteiger partial charge on any atom is 0.254 e. The molecular weight excluding hydrogens is 576 g/mol. The molecule has 2 aromatic carbocycles. The van der Waals surface area contributed by atoms with E-state index < -0.39 is 12.0 Å². The van der Waals surface area contributed by atoms with Gasteiger partial charge in [0.2, 0.25) is 12.3 Å². The van der Waals surface area contributed by atoms with E-state index in [-0.39, 0.29) is 42.6 Å². The number of hydrogen-bond acceptors (Lipinski definition) is 6. The van der Waals surface area contributed by atoms with Crippen molar-refractivity contribution in [1.82, 2.24) is 20.5 Å². The van der Waals surface area contributed by atoms with Crippen LogP contribution in [0.5, 0.6) is 0 Å². The van der Waals surface area contributed by atoms with Crippen LogP contribution in [0.2, 0.25) is 5.02 Å². The van der Waals surface area contributed by atoms with Crippen molar-refractivity contribution in [2.45, 2.75) is 51.5 Å². The van der Waals surface area contributed by atoms with E-state index >= 15 is 4.39 Å². The monoisotopic (exact) mass is 609 g/mol. The molecule has 3 aromatic rings. The SMILES string of the molecule is CC(CCC(=O)NC=O)N1Cc2cc(CNCC3CCN(c4ncc(-c5cccc(Cl)c5)cc4F)CC3F)ccc2C1=O. The van der Waals surface area contributed by atoms with Crippen LogP contribution in [0.15, 0.2) is 54.7 Å². The number of nitrogens with zero attached hydrogens (tertiary/aromatic N) is 3. The molecule has 2 N–H and O–H groups in total. The zero-order valence-corrected chi connectivity index (χ0v) is 24.6. The molecule has 0 aliphatic carbocycles. The first-order valence-corrected chi connectivity index (χ1v) is 14.8. The molecule has 0 bridgehead atoms. The van der Waals surface area contributed by atoms with Gasteiger partial charge in [-0.3, -0.25) is 19.7 Å². The predicted molar refractivity (Wildman–Crippen MR) is 161 cm³/mol. The number of benzene rings is 2. The van der Waals surface area contributed by atoms with E-state index in [1.807, 2.05) is 31.2 Å².